The van der Waals surface area contributed by atoms with Gasteiger partial charge in [0, 0.05) is 10.0 Å². The Balaban J connectivity index is 1.93. The van der Waals surface area contributed by atoms with Crippen molar-refractivity contribution in [3.05, 3.63) is 75.4 Å². The van der Waals surface area contributed by atoms with Crippen LogP contribution in [0.2, 0.25) is 0 Å². The fraction of sp³-hybridized carbons (Fsp3) is 0.0588. The number of aryl methyl sites for hydroxylation is 1. The van der Waals surface area contributed by atoms with Crippen LogP contribution in [0.4, 0.5) is 0 Å². The SMILES string of the molecule is Cc1ccc(C=C2N=C(c3cccc(Br)c3)OC2=O)cc1. The molecule has 1 heterocycles. The molecule has 104 valence electrons. The van der Waals surface area contributed by atoms with E-state index in [1.807, 2.05) is 55.5 Å². The summed E-state index contributed by atoms with van der Waals surface area (Å²) in [5.74, 6) is -0.0924. The van der Waals surface area contributed by atoms with Crippen molar-refractivity contribution in [1.29, 1.82) is 0 Å². The highest BCUT2D eigenvalue weighted by atomic mass is 79.9. The number of esters is 1. The van der Waals surface area contributed by atoms with Gasteiger partial charge in [-0.2, -0.15) is 0 Å². The van der Waals surface area contributed by atoms with E-state index in [4.69, 9.17) is 4.74 Å². The van der Waals surface area contributed by atoms with Gasteiger partial charge in [0.1, 0.15) is 0 Å². The first kappa shape index (κ1) is 13.8. The van der Waals surface area contributed by atoms with E-state index >= 15 is 0 Å². The summed E-state index contributed by atoms with van der Waals surface area (Å²) in [4.78, 5) is 16.2. The Labute approximate surface area is 131 Å². The molecule has 0 aromatic heterocycles. The molecular formula is C17H12BrNO2. The monoisotopic (exact) mass is 341 g/mol. The van der Waals surface area contributed by atoms with Gasteiger partial charge in [-0.3, -0.25) is 0 Å². The second kappa shape index (κ2) is 5.66. The number of ether oxygens (including phenoxy) is 1. The number of cyclic esters (lactones) is 1. The van der Waals surface area contributed by atoms with Gasteiger partial charge in [0.05, 0.1) is 0 Å². The van der Waals surface area contributed by atoms with E-state index < -0.39 is 5.97 Å². The summed E-state index contributed by atoms with van der Waals surface area (Å²) in [7, 11) is 0. The van der Waals surface area contributed by atoms with Crippen LogP contribution in [-0.2, 0) is 9.53 Å². The molecule has 2 aromatic carbocycles. The van der Waals surface area contributed by atoms with Crippen LogP contribution < -0.4 is 0 Å². The summed E-state index contributed by atoms with van der Waals surface area (Å²) >= 11 is 3.39. The first-order chi connectivity index (χ1) is 10.1. The van der Waals surface area contributed by atoms with Gasteiger partial charge in [-0.1, -0.05) is 51.8 Å². The highest BCUT2D eigenvalue weighted by molar-refractivity contribution is 9.10. The summed E-state index contributed by atoms with van der Waals surface area (Å²) < 4.78 is 6.14. The van der Waals surface area contributed by atoms with Crippen molar-refractivity contribution in [1.82, 2.24) is 0 Å². The number of aliphatic imine (C=N–C) groups is 1. The lowest BCUT2D eigenvalue weighted by Crippen LogP contribution is -2.05. The Morgan fingerprint density at radius 1 is 1.14 bits per heavy atom. The van der Waals surface area contributed by atoms with Crippen LogP contribution >= 0.6 is 15.9 Å². The number of carbonyl (C=O) groups excluding carboxylic acids is 1. The molecule has 0 amide bonds. The van der Waals surface area contributed by atoms with Gasteiger partial charge in [0.25, 0.3) is 0 Å². The molecule has 1 aliphatic heterocycles. The van der Waals surface area contributed by atoms with Crippen molar-refractivity contribution in [2.45, 2.75) is 6.92 Å². The maximum Gasteiger partial charge on any atom is 0.363 e. The molecule has 0 atom stereocenters. The zero-order valence-electron chi connectivity index (χ0n) is 11.3. The molecule has 0 aliphatic carbocycles. The number of halogens is 1. The maximum atomic E-state index is 11.9. The van der Waals surface area contributed by atoms with Crippen LogP contribution in [0, 0.1) is 6.92 Å². The summed E-state index contributed by atoms with van der Waals surface area (Å²) in [6.07, 6.45) is 1.73. The first-order valence-corrected chi connectivity index (χ1v) is 7.26. The number of hydrogen-bond donors (Lipinski definition) is 0. The Hall–Kier alpha value is -2.20. The van der Waals surface area contributed by atoms with Crippen LogP contribution in [0.1, 0.15) is 16.7 Å². The van der Waals surface area contributed by atoms with E-state index in [-0.39, 0.29) is 0 Å². The van der Waals surface area contributed by atoms with E-state index in [0.717, 1.165) is 15.6 Å². The molecule has 0 N–H and O–H groups in total. The minimum absolute atomic E-state index is 0.314. The van der Waals surface area contributed by atoms with E-state index in [9.17, 15) is 4.79 Å². The van der Waals surface area contributed by atoms with Crippen LogP contribution in [-0.4, -0.2) is 11.9 Å². The lowest BCUT2D eigenvalue weighted by molar-refractivity contribution is -0.129. The van der Waals surface area contributed by atoms with Gasteiger partial charge in [-0.25, -0.2) is 9.79 Å². The Bertz CT molecular complexity index is 761. The topological polar surface area (TPSA) is 38.7 Å². The number of benzene rings is 2. The zero-order chi connectivity index (χ0) is 14.8. The maximum absolute atomic E-state index is 11.9. The molecule has 0 saturated carbocycles. The second-order valence-electron chi connectivity index (χ2n) is 4.76. The largest absolute Gasteiger partial charge is 0.402 e. The van der Waals surface area contributed by atoms with Crippen molar-refractivity contribution in [3.63, 3.8) is 0 Å². The van der Waals surface area contributed by atoms with E-state index in [1.165, 1.54) is 5.56 Å². The summed E-state index contributed by atoms with van der Waals surface area (Å²) in [5.41, 5.74) is 3.18. The quantitative estimate of drug-likeness (QED) is 0.609. The van der Waals surface area contributed by atoms with Gasteiger partial charge in [0.15, 0.2) is 5.70 Å². The van der Waals surface area contributed by atoms with Crippen molar-refractivity contribution in [2.24, 2.45) is 4.99 Å². The van der Waals surface area contributed by atoms with Gasteiger partial charge in [-0.05, 0) is 36.8 Å². The molecule has 1 aliphatic rings. The molecule has 0 unspecified atom stereocenters. The fourth-order valence-electron chi connectivity index (χ4n) is 1.97. The molecule has 0 fully saturated rings. The molecule has 2 aromatic rings. The van der Waals surface area contributed by atoms with Crippen LogP contribution in [0.5, 0.6) is 0 Å². The minimum Gasteiger partial charge on any atom is -0.402 e. The van der Waals surface area contributed by atoms with E-state index in [0.29, 0.717) is 11.6 Å². The van der Waals surface area contributed by atoms with Gasteiger partial charge >= 0.3 is 5.97 Å². The predicted molar refractivity (Wildman–Crippen MR) is 85.9 cm³/mol. The molecule has 4 heteroatoms. The lowest BCUT2D eigenvalue weighted by atomic mass is 10.1. The standard InChI is InChI=1S/C17H12BrNO2/c1-11-5-7-12(8-6-11)9-15-17(20)21-16(19-15)13-3-2-4-14(18)10-13/h2-10H,1H3. The Morgan fingerprint density at radius 2 is 1.90 bits per heavy atom. The van der Waals surface area contributed by atoms with Crippen molar-refractivity contribution in [3.8, 4) is 0 Å². The van der Waals surface area contributed by atoms with Crippen LogP contribution in [0.25, 0.3) is 6.08 Å². The zero-order valence-corrected chi connectivity index (χ0v) is 12.9. The number of nitrogens with zero attached hydrogens (tertiary/aromatic N) is 1. The number of hydrogen-bond acceptors (Lipinski definition) is 3. The number of carbonyl (C=O) groups is 1. The molecule has 0 saturated heterocycles. The van der Waals surface area contributed by atoms with E-state index in [1.54, 1.807) is 6.08 Å². The molecule has 0 bridgehead atoms. The minimum atomic E-state index is -0.425. The van der Waals surface area contributed by atoms with Crippen molar-refractivity contribution in [2.75, 3.05) is 0 Å². The average Bonchev–Trinajstić information content (AvgIpc) is 2.83. The Kier molecular flexibility index (Phi) is 3.71. The predicted octanol–water partition coefficient (Wildman–Crippen LogP) is 4.10. The summed E-state index contributed by atoms with van der Waals surface area (Å²) in [5, 5.41) is 0. The van der Waals surface area contributed by atoms with Crippen molar-refractivity contribution < 1.29 is 9.53 Å². The third-order valence-electron chi connectivity index (χ3n) is 3.07. The van der Waals surface area contributed by atoms with Gasteiger partial charge in [-0.15, -0.1) is 0 Å². The van der Waals surface area contributed by atoms with E-state index in [2.05, 4.69) is 20.9 Å². The van der Waals surface area contributed by atoms with Gasteiger partial charge in [0.2, 0.25) is 5.90 Å². The molecule has 3 nitrogen and oxygen atoms in total. The normalized spacial score (nSPS) is 16.0. The first-order valence-electron chi connectivity index (χ1n) is 6.47. The smallest absolute Gasteiger partial charge is 0.363 e. The fourth-order valence-corrected chi connectivity index (χ4v) is 2.37. The average molecular weight is 342 g/mol. The summed E-state index contributed by atoms with van der Waals surface area (Å²) in [6.45, 7) is 2.02. The summed E-state index contributed by atoms with van der Waals surface area (Å²) in [6, 6.07) is 15.4. The Morgan fingerprint density at radius 3 is 2.62 bits per heavy atom. The van der Waals surface area contributed by atoms with Gasteiger partial charge < -0.3 is 4.74 Å². The molecule has 3 rings (SSSR count). The highest BCUT2D eigenvalue weighted by Gasteiger charge is 2.24. The third kappa shape index (κ3) is 3.11. The third-order valence-corrected chi connectivity index (χ3v) is 3.57. The van der Waals surface area contributed by atoms with Crippen LogP contribution in [0.3, 0.4) is 0 Å². The number of rotatable bonds is 2. The van der Waals surface area contributed by atoms with Crippen LogP contribution in [0.15, 0.2) is 63.7 Å². The van der Waals surface area contributed by atoms with Crippen molar-refractivity contribution >= 4 is 33.9 Å². The highest BCUT2D eigenvalue weighted by Crippen LogP contribution is 2.21. The second-order valence-corrected chi connectivity index (χ2v) is 5.67. The molecule has 0 radical (unpaired) electrons. The lowest BCUT2D eigenvalue weighted by Gasteiger charge is -1.99. The molecule has 0 spiro atoms. The molecular weight excluding hydrogens is 330 g/mol. The molecule has 21 heavy (non-hydrogen) atoms.